The zero-order chi connectivity index (χ0) is 21.7. The number of thioether (sulfide) groups is 2. The molecule has 0 bridgehead atoms. The molecule has 0 radical (unpaired) electrons. The fraction of sp³-hybridized carbons (Fsp3) is 0.304. The summed E-state index contributed by atoms with van der Waals surface area (Å²) in [5.41, 5.74) is 1.66. The van der Waals surface area contributed by atoms with E-state index in [9.17, 15) is 4.79 Å². The minimum absolute atomic E-state index is 0.100. The highest BCUT2D eigenvalue weighted by Crippen LogP contribution is 2.38. The van der Waals surface area contributed by atoms with E-state index in [2.05, 4.69) is 6.92 Å². The highest BCUT2D eigenvalue weighted by Gasteiger charge is 2.33. The lowest BCUT2D eigenvalue weighted by atomic mass is 10.1. The molecule has 0 aromatic heterocycles. The summed E-state index contributed by atoms with van der Waals surface area (Å²) in [6.45, 7) is 6.58. The first-order valence-electron chi connectivity index (χ1n) is 9.82. The normalized spacial score (nSPS) is 16.3. The predicted octanol–water partition coefficient (Wildman–Crippen LogP) is 6.39. The fourth-order valence-corrected chi connectivity index (χ4v) is 4.62. The first-order chi connectivity index (χ1) is 14.5. The molecule has 7 heteroatoms. The van der Waals surface area contributed by atoms with Crippen molar-refractivity contribution < 1.29 is 14.3 Å². The lowest BCUT2D eigenvalue weighted by Crippen LogP contribution is -2.27. The van der Waals surface area contributed by atoms with Crippen LogP contribution in [0.15, 0.2) is 52.3 Å². The number of hydrogen-bond acceptors (Lipinski definition) is 6. The smallest absolute Gasteiger partial charge is 0.270 e. The summed E-state index contributed by atoms with van der Waals surface area (Å²) in [4.78, 5) is 16.3. The van der Waals surface area contributed by atoms with Gasteiger partial charge in [-0.15, -0.1) is 11.8 Å². The van der Waals surface area contributed by atoms with Gasteiger partial charge < -0.3 is 9.47 Å². The molecule has 0 spiro atoms. The Morgan fingerprint density at radius 1 is 1.20 bits per heavy atom. The Kier molecular flexibility index (Phi) is 7.86. The maximum absolute atomic E-state index is 13.1. The summed E-state index contributed by atoms with van der Waals surface area (Å²) < 4.78 is 12.3. The number of carbonyl (C=O) groups excluding carboxylic acids is 1. The van der Waals surface area contributed by atoms with E-state index >= 15 is 0 Å². The Balaban J connectivity index is 1.88. The van der Waals surface area contributed by atoms with E-state index in [0.717, 1.165) is 22.6 Å². The third kappa shape index (κ3) is 5.20. The zero-order valence-electron chi connectivity index (χ0n) is 17.5. The van der Waals surface area contributed by atoms with Crippen LogP contribution in [0.25, 0.3) is 6.08 Å². The van der Waals surface area contributed by atoms with Crippen molar-refractivity contribution in [1.82, 2.24) is 0 Å². The molecule has 1 aliphatic rings. The van der Waals surface area contributed by atoms with Crippen molar-refractivity contribution >= 4 is 57.7 Å². The third-order valence-electron chi connectivity index (χ3n) is 4.57. The lowest BCUT2D eigenvalue weighted by molar-refractivity contribution is -0.113. The summed E-state index contributed by atoms with van der Waals surface area (Å²) in [7, 11) is 0. The average molecular weight is 460 g/mol. The summed E-state index contributed by atoms with van der Waals surface area (Å²) >= 11 is 8.44. The lowest BCUT2D eigenvalue weighted by Gasteiger charge is -2.16. The van der Waals surface area contributed by atoms with Crippen molar-refractivity contribution in [3.05, 3.63) is 52.9 Å². The van der Waals surface area contributed by atoms with Gasteiger partial charge in [0, 0.05) is 4.90 Å². The first kappa shape index (κ1) is 22.7. The number of benzene rings is 2. The van der Waals surface area contributed by atoms with Gasteiger partial charge in [0.2, 0.25) is 0 Å². The topological polar surface area (TPSA) is 38.8 Å². The molecule has 0 saturated carbocycles. The van der Waals surface area contributed by atoms with Gasteiger partial charge in [-0.2, -0.15) is 0 Å². The van der Waals surface area contributed by atoms with Crippen LogP contribution in [-0.4, -0.2) is 29.2 Å². The molecule has 30 heavy (non-hydrogen) atoms. The summed E-state index contributed by atoms with van der Waals surface area (Å²) in [5, 5.41) is 0. The van der Waals surface area contributed by atoms with Crippen LogP contribution in [0.2, 0.25) is 0 Å². The van der Waals surface area contributed by atoms with E-state index in [1.165, 1.54) is 11.8 Å². The zero-order valence-corrected chi connectivity index (χ0v) is 20.0. The Morgan fingerprint density at radius 2 is 2.00 bits per heavy atom. The van der Waals surface area contributed by atoms with E-state index in [-0.39, 0.29) is 12.0 Å². The number of anilines is 1. The fourth-order valence-electron chi connectivity index (χ4n) is 2.87. The van der Waals surface area contributed by atoms with Gasteiger partial charge in [-0.3, -0.25) is 9.69 Å². The van der Waals surface area contributed by atoms with E-state index < -0.39 is 0 Å². The number of amides is 1. The van der Waals surface area contributed by atoms with Crippen LogP contribution in [0.4, 0.5) is 5.69 Å². The molecule has 3 rings (SSSR count). The van der Waals surface area contributed by atoms with E-state index in [1.54, 1.807) is 16.7 Å². The Morgan fingerprint density at radius 3 is 2.70 bits per heavy atom. The molecule has 1 aliphatic heterocycles. The number of ether oxygens (including phenoxy) is 2. The van der Waals surface area contributed by atoms with Gasteiger partial charge in [0.15, 0.2) is 15.8 Å². The van der Waals surface area contributed by atoms with Crippen molar-refractivity contribution in [3.63, 3.8) is 0 Å². The number of carbonyl (C=O) groups is 1. The molecule has 0 aliphatic carbocycles. The first-order valence-corrected chi connectivity index (χ1v) is 12.3. The van der Waals surface area contributed by atoms with Crippen LogP contribution in [0.1, 0.15) is 32.8 Å². The largest absolute Gasteiger partial charge is 0.490 e. The van der Waals surface area contributed by atoms with Crippen LogP contribution in [0.3, 0.4) is 0 Å². The second-order valence-electron chi connectivity index (χ2n) is 6.69. The maximum atomic E-state index is 13.1. The molecule has 2 aromatic rings. The highest BCUT2D eigenvalue weighted by atomic mass is 32.2. The van der Waals surface area contributed by atoms with E-state index in [1.807, 2.05) is 68.6 Å². The van der Waals surface area contributed by atoms with Crippen molar-refractivity contribution in [1.29, 1.82) is 0 Å². The van der Waals surface area contributed by atoms with Crippen molar-refractivity contribution in [2.24, 2.45) is 0 Å². The second-order valence-corrected chi connectivity index (χ2v) is 9.25. The Labute approximate surface area is 192 Å². The number of thiocarbonyl (C=S) groups is 1. The SMILES string of the molecule is CCOc1cc(/C=C2/SC(=S)N(c3cccc(SC)c3)C2=O)ccc1O[C@H](C)CC. The monoisotopic (exact) mass is 459 g/mol. The van der Waals surface area contributed by atoms with Crippen LogP contribution in [-0.2, 0) is 4.79 Å². The van der Waals surface area contributed by atoms with Gasteiger partial charge in [0.1, 0.15) is 0 Å². The second kappa shape index (κ2) is 10.4. The third-order valence-corrected chi connectivity index (χ3v) is 6.60. The summed E-state index contributed by atoms with van der Waals surface area (Å²) in [5.74, 6) is 1.28. The summed E-state index contributed by atoms with van der Waals surface area (Å²) in [6, 6.07) is 13.6. The Hall–Kier alpha value is -1.96. The van der Waals surface area contributed by atoms with Crippen molar-refractivity contribution in [3.8, 4) is 11.5 Å². The minimum atomic E-state index is -0.110. The van der Waals surface area contributed by atoms with Gasteiger partial charge >= 0.3 is 0 Å². The van der Waals surface area contributed by atoms with E-state index in [0.29, 0.717) is 27.3 Å². The van der Waals surface area contributed by atoms with Crippen LogP contribution < -0.4 is 14.4 Å². The molecule has 158 valence electrons. The molecule has 0 unspecified atom stereocenters. The van der Waals surface area contributed by atoms with Gasteiger partial charge in [-0.25, -0.2) is 0 Å². The average Bonchev–Trinajstić information content (AvgIpc) is 3.02. The molecule has 2 aromatic carbocycles. The quantitative estimate of drug-likeness (QED) is 0.259. The van der Waals surface area contributed by atoms with Crippen molar-refractivity contribution in [2.45, 2.75) is 38.2 Å². The molecule has 1 heterocycles. The van der Waals surface area contributed by atoms with Gasteiger partial charge in [-0.1, -0.05) is 43.0 Å². The molecule has 1 atom stereocenters. The molecule has 1 fully saturated rings. The van der Waals surface area contributed by atoms with Crippen LogP contribution in [0, 0.1) is 0 Å². The van der Waals surface area contributed by atoms with Crippen LogP contribution >= 0.6 is 35.7 Å². The maximum Gasteiger partial charge on any atom is 0.270 e. The molecule has 4 nitrogen and oxygen atoms in total. The minimum Gasteiger partial charge on any atom is -0.490 e. The Bertz CT molecular complexity index is 974. The van der Waals surface area contributed by atoms with E-state index in [4.69, 9.17) is 21.7 Å². The molecule has 1 saturated heterocycles. The molecule has 0 N–H and O–H groups in total. The predicted molar refractivity (Wildman–Crippen MR) is 132 cm³/mol. The highest BCUT2D eigenvalue weighted by molar-refractivity contribution is 8.27. The number of rotatable bonds is 8. The van der Waals surface area contributed by atoms with Gasteiger partial charge in [0.25, 0.3) is 5.91 Å². The van der Waals surface area contributed by atoms with Crippen LogP contribution in [0.5, 0.6) is 11.5 Å². The number of hydrogen-bond donors (Lipinski definition) is 0. The standard InChI is InChI=1S/C23H25NO3S3/c1-5-15(3)27-19-11-10-16(12-20(19)26-6-2)13-21-22(25)24(23(28)30-21)17-8-7-9-18(14-17)29-4/h7-15H,5-6H2,1-4H3/b21-13+/t15-/m1/s1. The van der Waals surface area contributed by atoms with Crippen molar-refractivity contribution in [2.75, 3.05) is 17.8 Å². The molecular weight excluding hydrogens is 434 g/mol. The van der Waals surface area contributed by atoms with Gasteiger partial charge in [-0.05, 0) is 68.5 Å². The summed E-state index contributed by atoms with van der Waals surface area (Å²) in [6.07, 6.45) is 4.87. The molecular formula is C23H25NO3S3. The molecule has 1 amide bonds. The number of nitrogens with zero attached hydrogens (tertiary/aromatic N) is 1. The van der Waals surface area contributed by atoms with Gasteiger partial charge in [0.05, 0.1) is 23.3 Å².